The number of carbonyl (C=O) groups is 1. The summed E-state index contributed by atoms with van der Waals surface area (Å²) in [6, 6.07) is 5.08. The van der Waals surface area contributed by atoms with Crippen LogP contribution in [-0.2, 0) is 4.79 Å². The van der Waals surface area contributed by atoms with Crippen molar-refractivity contribution in [2.75, 3.05) is 32.6 Å². The Morgan fingerprint density at radius 1 is 1.28 bits per heavy atom. The number of rotatable bonds is 9. The molecule has 132 valence electrons. The highest BCUT2D eigenvalue weighted by Gasteiger charge is 2.17. The first-order chi connectivity index (χ1) is 12.0. The van der Waals surface area contributed by atoms with Crippen molar-refractivity contribution >= 4 is 23.2 Å². The fourth-order valence-electron chi connectivity index (χ4n) is 1.99. The number of methoxy groups -OCH3 is 2. The highest BCUT2D eigenvalue weighted by molar-refractivity contribution is 6.32. The second-order valence-electron chi connectivity index (χ2n) is 4.79. The summed E-state index contributed by atoms with van der Waals surface area (Å²) in [5, 5.41) is 12.6. The Hall–Kier alpha value is -2.91. The maximum atomic E-state index is 12.4. The molecule has 0 heterocycles. The van der Waals surface area contributed by atoms with Gasteiger partial charge in [-0.25, -0.2) is 0 Å². The summed E-state index contributed by atoms with van der Waals surface area (Å²) in [5.74, 6) is 0.443. The number of benzene rings is 1. The number of nitriles is 1. The van der Waals surface area contributed by atoms with Gasteiger partial charge >= 0.3 is 0 Å². The molecule has 0 aliphatic heterocycles. The molecule has 0 atom stereocenters. The Morgan fingerprint density at radius 2 is 1.88 bits per heavy atom. The van der Waals surface area contributed by atoms with Crippen molar-refractivity contribution in [1.82, 2.24) is 4.90 Å². The summed E-state index contributed by atoms with van der Waals surface area (Å²) in [7, 11) is 2.97. The van der Waals surface area contributed by atoms with Crippen molar-refractivity contribution in [3.63, 3.8) is 0 Å². The lowest BCUT2D eigenvalue weighted by Gasteiger charge is -2.18. The lowest BCUT2D eigenvalue weighted by Crippen LogP contribution is -2.32. The maximum Gasteiger partial charge on any atom is 0.266 e. The Labute approximate surface area is 152 Å². The Bertz CT molecular complexity index is 713. The zero-order chi connectivity index (χ0) is 18.8. The van der Waals surface area contributed by atoms with E-state index in [-0.39, 0.29) is 5.57 Å². The molecule has 0 aromatic heterocycles. The first-order valence-electron chi connectivity index (χ1n) is 7.31. The predicted octanol–water partition coefficient (Wildman–Crippen LogP) is 3.38. The van der Waals surface area contributed by atoms with Gasteiger partial charge in [-0.3, -0.25) is 4.79 Å². The first-order valence-corrected chi connectivity index (χ1v) is 7.69. The van der Waals surface area contributed by atoms with E-state index in [1.54, 1.807) is 24.3 Å². The normalized spacial score (nSPS) is 10.4. The molecular weight excluding hydrogens is 342 g/mol. The predicted molar refractivity (Wildman–Crippen MR) is 98.8 cm³/mol. The highest BCUT2D eigenvalue weighted by atomic mass is 35.5. The van der Waals surface area contributed by atoms with Gasteiger partial charge in [-0.15, -0.1) is 13.2 Å². The van der Waals surface area contributed by atoms with E-state index in [4.69, 9.17) is 21.1 Å². The van der Waals surface area contributed by atoms with Crippen molar-refractivity contribution in [2.24, 2.45) is 0 Å². The third-order valence-electron chi connectivity index (χ3n) is 3.18. The average Bonchev–Trinajstić information content (AvgIpc) is 2.62. The summed E-state index contributed by atoms with van der Waals surface area (Å²) in [6.45, 7) is 7.82. The SMILES string of the molecule is C=CCN(CC=C)C(=O)/C(C#N)=C\Nc1cc(OC)c(Cl)cc1OC. The molecule has 7 heteroatoms. The second kappa shape index (κ2) is 10.1. The summed E-state index contributed by atoms with van der Waals surface area (Å²) in [4.78, 5) is 13.9. The molecule has 1 aromatic rings. The molecule has 25 heavy (non-hydrogen) atoms. The van der Waals surface area contributed by atoms with Gasteiger partial charge in [0.1, 0.15) is 23.1 Å². The van der Waals surface area contributed by atoms with E-state index >= 15 is 0 Å². The molecule has 0 fully saturated rings. The van der Waals surface area contributed by atoms with Crippen LogP contribution >= 0.6 is 11.6 Å². The molecule has 0 saturated heterocycles. The third kappa shape index (κ3) is 5.30. The number of carbonyl (C=O) groups excluding carboxylic acids is 1. The number of nitrogens with zero attached hydrogens (tertiary/aromatic N) is 2. The van der Waals surface area contributed by atoms with Gasteiger partial charge in [0.15, 0.2) is 0 Å². The summed E-state index contributed by atoms with van der Waals surface area (Å²) >= 11 is 6.05. The maximum absolute atomic E-state index is 12.4. The van der Waals surface area contributed by atoms with E-state index in [9.17, 15) is 10.1 Å². The van der Waals surface area contributed by atoms with E-state index in [2.05, 4.69) is 18.5 Å². The van der Waals surface area contributed by atoms with Crippen LogP contribution in [0.25, 0.3) is 0 Å². The quantitative estimate of drug-likeness (QED) is 0.414. The minimum atomic E-state index is -0.435. The summed E-state index contributed by atoms with van der Waals surface area (Å²) < 4.78 is 10.4. The topological polar surface area (TPSA) is 74.6 Å². The first kappa shape index (κ1) is 20.1. The van der Waals surface area contributed by atoms with Gasteiger partial charge in [-0.2, -0.15) is 5.26 Å². The van der Waals surface area contributed by atoms with E-state index in [1.807, 2.05) is 6.07 Å². The number of nitrogens with one attached hydrogen (secondary N) is 1. The summed E-state index contributed by atoms with van der Waals surface area (Å²) in [5.41, 5.74) is 0.433. The van der Waals surface area contributed by atoms with Crippen LogP contribution in [0, 0.1) is 11.3 Å². The molecule has 0 aliphatic carbocycles. The molecule has 0 unspecified atom stereocenters. The van der Waals surface area contributed by atoms with E-state index in [1.165, 1.54) is 25.3 Å². The van der Waals surface area contributed by atoms with Crippen molar-refractivity contribution in [3.8, 4) is 17.6 Å². The Morgan fingerprint density at radius 3 is 2.36 bits per heavy atom. The number of amides is 1. The molecule has 0 aliphatic rings. The molecule has 1 rings (SSSR count). The minimum Gasteiger partial charge on any atom is -0.495 e. The molecule has 1 N–H and O–H groups in total. The minimum absolute atomic E-state index is 0.0698. The molecule has 1 aromatic carbocycles. The Balaban J connectivity index is 3.12. The van der Waals surface area contributed by atoms with Crippen LogP contribution in [0.2, 0.25) is 5.02 Å². The van der Waals surface area contributed by atoms with Crippen molar-refractivity contribution in [3.05, 3.63) is 54.2 Å². The van der Waals surface area contributed by atoms with E-state index in [0.29, 0.717) is 35.3 Å². The zero-order valence-corrected chi connectivity index (χ0v) is 15.0. The molecule has 0 saturated carbocycles. The van der Waals surface area contributed by atoms with Crippen LogP contribution in [-0.4, -0.2) is 38.1 Å². The van der Waals surface area contributed by atoms with Crippen LogP contribution in [0.15, 0.2) is 49.2 Å². The molecule has 0 radical (unpaired) electrons. The molecule has 6 nitrogen and oxygen atoms in total. The second-order valence-corrected chi connectivity index (χ2v) is 5.20. The smallest absolute Gasteiger partial charge is 0.266 e. The van der Waals surface area contributed by atoms with Crippen LogP contribution in [0.1, 0.15) is 0 Å². The summed E-state index contributed by atoms with van der Waals surface area (Å²) in [6.07, 6.45) is 4.47. The largest absolute Gasteiger partial charge is 0.495 e. The lowest BCUT2D eigenvalue weighted by atomic mass is 10.2. The third-order valence-corrected chi connectivity index (χ3v) is 3.48. The number of anilines is 1. The number of hydrogen-bond donors (Lipinski definition) is 1. The van der Waals surface area contributed by atoms with Gasteiger partial charge in [-0.05, 0) is 0 Å². The number of hydrogen-bond acceptors (Lipinski definition) is 5. The fourth-order valence-corrected chi connectivity index (χ4v) is 2.22. The van der Waals surface area contributed by atoms with Crippen LogP contribution in [0.4, 0.5) is 5.69 Å². The van der Waals surface area contributed by atoms with Crippen LogP contribution in [0.5, 0.6) is 11.5 Å². The molecule has 0 spiro atoms. The standard InChI is InChI=1S/C18H20ClN3O3/c1-5-7-22(8-6-2)18(23)13(11-20)12-21-15-10-16(24-3)14(19)9-17(15)25-4/h5-6,9-10,12,21H,1-2,7-8H2,3-4H3/b13-12-. The average molecular weight is 362 g/mol. The number of ether oxygens (including phenoxy) is 2. The highest BCUT2D eigenvalue weighted by Crippen LogP contribution is 2.35. The van der Waals surface area contributed by atoms with Gasteiger partial charge in [0.05, 0.1) is 24.9 Å². The monoisotopic (exact) mass is 361 g/mol. The van der Waals surface area contributed by atoms with Crippen molar-refractivity contribution in [1.29, 1.82) is 5.26 Å². The number of halogens is 1. The molecule has 0 bridgehead atoms. The van der Waals surface area contributed by atoms with Crippen LogP contribution in [0.3, 0.4) is 0 Å². The van der Waals surface area contributed by atoms with Gasteiger partial charge in [0, 0.05) is 31.4 Å². The van der Waals surface area contributed by atoms with Gasteiger partial charge in [0.2, 0.25) is 0 Å². The van der Waals surface area contributed by atoms with Gasteiger partial charge in [0.25, 0.3) is 5.91 Å². The van der Waals surface area contributed by atoms with E-state index in [0.717, 1.165) is 0 Å². The Kier molecular flexibility index (Phi) is 8.10. The van der Waals surface area contributed by atoms with Gasteiger partial charge < -0.3 is 19.7 Å². The fraction of sp³-hybridized carbons (Fsp3) is 0.222. The molecule has 1 amide bonds. The molecular formula is C18H20ClN3O3. The van der Waals surface area contributed by atoms with Crippen molar-refractivity contribution < 1.29 is 14.3 Å². The van der Waals surface area contributed by atoms with Crippen LogP contribution < -0.4 is 14.8 Å². The van der Waals surface area contributed by atoms with Gasteiger partial charge in [-0.1, -0.05) is 23.8 Å². The zero-order valence-electron chi connectivity index (χ0n) is 14.2. The van der Waals surface area contributed by atoms with Crippen molar-refractivity contribution in [2.45, 2.75) is 0 Å². The van der Waals surface area contributed by atoms with E-state index < -0.39 is 5.91 Å². The lowest BCUT2D eigenvalue weighted by molar-refractivity contribution is -0.125.